The number of hydrogen-bond acceptors (Lipinski definition) is 6. The van der Waals surface area contributed by atoms with Crippen LogP contribution in [0, 0.1) is 4.77 Å². The Bertz CT molecular complexity index is 1080. The number of nitrogens with zero attached hydrogens (tertiary/aromatic N) is 3. The molecule has 2 aromatic carbocycles. The summed E-state index contributed by atoms with van der Waals surface area (Å²) in [5.74, 6) is 1.94. The van der Waals surface area contributed by atoms with Crippen molar-refractivity contribution in [3.8, 4) is 28.6 Å². The Balaban J connectivity index is 2.00. The lowest BCUT2D eigenvalue weighted by Crippen LogP contribution is -1.98. The van der Waals surface area contributed by atoms with Gasteiger partial charge in [0.25, 0.3) is 0 Å². The van der Waals surface area contributed by atoms with Gasteiger partial charge in [-0.15, -0.1) is 0 Å². The first-order valence-corrected chi connectivity index (χ1v) is 9.30. The van der Waals surface area contributed by atoms with Gasteiger partial charge in [0, 0.05) is 5.56 Å². The maximum atomic E-state index is 6.30. The second kappa shape index (κ2) is 9.40. The molecule has 0 saturated heterocycles. The molecule has 1 heterocycles. The summed E-state index contributed by atoms with van der Waals surface area (Å²) in [6.07, 6.45) is 3.30. The number of allylic oxidation sites excluding steroid dienone is 1. The molecular formula is C20H19ClN4O3S. The Labute approximate surface area is 178 Å². The molecule has 3 aromatic rings. The van der Waals surface area contributed by atoms with Crippen molar-refractivity contribution in [2.45, 2.75) is 0 Å². The van der Waals surface area contributed by atoms with Crippen LogP contribution in [0.2, 0.25) is 0 Å². The molecule has 1 aromatic heterocycles. The van der Waals surface area contributed by atoms with Crippen molar-refractivity contribution in [1.29, 1.82) is 0 Å². The maximum absolute atomic E-state index is 6.30. The number of nitrogens with one attached hydrogen (secondary N) is 1. The van der Waals surface area contributed by atoms with Crippen LogP contribution in [-0.4, -0.2) is 42.4 Å². The van der Waals surface area contributed by atoms with E-state index >= 15 is 0 Å². The number of halogens is 1. The summed E-state index contributed by atoms with van der Waals surface area (Å²) < 4.78 is 18.0. The van der Waals surface area contributed by atoms with Gasteiger partial charge in [-0.2, -0.15) is 14.9 Å². The molecule has 0 aliphatic carbocycles. The van der Waals surface area contributed by atoms with E-state index in [9.17, 15) is 0 Å². The third-order valence-corrected chi connectivity index (χ3v) is 4.44. The maximum Gasteiger partial charge on any atom is 0.216 e. The fraction of sp³-hybridized carbons (Fsp3) is 0.150. The van der Waals surface area contributed by atoms with Crippen molar-refractivity contribution >= 4 is 36.1 Å². The molecule has 0 bridgehead atoms. The quantitative estimate of drug-likeness (QED) is 0.432. The molecule has 0 saturated carbocycles. The number of aromatic amines is 1. The van der Waals surface area contributed by atoms with E-state index in [4.69, 9.17) is 38.0 Å². The molecule has 9 heteroatoms. The molecule has 7 nitrogen and oxygen atoms in total. The molecule has 0 fully saturated rings. The summed E-state index contributed by atoms with van der Waals surface area (Å²) >= 11 is 11.6. The van der Waals surface area contributed by atoms with Gasteiger partial charge in [0.15, 0.2) is 17.3 Å². The van der Waals surface area contributed by atoms with E-state index in [1.54, 1.807) is 39.5 Å². The Morgan fingerprint density at radius 2 is 1.76 bits per heavy atom. The van der Waals surface area contributed by atoms with E-state index in [2.05, 4.69) is 15.3 Å². The van der Waals surface area contributed by atoms with E-state index < -0.39 is 0 Å². The first-order chi connectivity index (χ1) is 14.1. The molecule has 0 radical (unpaired) electrons. The lowest BCUT2D eigenvalue weighted by molar-refractivity contribution is 0.324. The lowest BCUT2D eigenvalue weighted by atomic mass is 10.1. The molecule has 3 rings (SSSR count). The Morgan fingerprint density at radius 3 is 2.34 bits per heavy atom. The molecule has 0 aliphatic heterocycles. The predicted octanol–water partition coefficient (Wildman–Crippen LogP) is 4.75. The highest BCUT2D eigenvalue weighted by Gasteiger charge is 2.17. The van der Waals surface area contributed by atoms with Gasteiger partial charge in [-0.1, -0.05) is 41.9 Å². The van der Waals surface area contributed by atoms with Crippen LogP contribution < -0.4 is 14.2 Å². The largest absolute Gasteiger partial charge is 0.493 e. The number of methoxy groups -OCH3 is 3. The minimum atomic E-state index is 0.314. The Kier molecular flexibility index (Phi) is 6.69. The van der Waals surface area contributed by atoms with Crippen LogP contribution >= 0.6 is 23.8 Å². The van der Waals surface area contributed by atoms with Crippen LogP contribution in [0.5, 0.6) is 17.2 Å². The standard InChI is InChI=1S/C20H19ClN4O3S/c1-26-16-10-14(11-17(27-2)18(16)28-3)19-23-24-20(29)25(19)22-12-15(21)9-13-7-5-4-6-8-13/h4-12H,1-3H3,(H,24,29)/b15-9-,22-12-. The first kappa shape index (κ1) is 20.6. The number of H-pyrrole nitrogens is 1. The number of ether oxygens (including phenoxy) is 3. The van der Waals surface area contributed by atoms with Gasteiger partial charge in [-0.25, -0.2) is 5.10 Å². The fourth-order valence-electron chi connectivity index (χ4n) is 2.65. The van der Waals surface area contributed by atoms with Crippen LogP contribution in [0.25, 0.3) is 17.5 Å². The van der Waals surface area contributed by atoms with Gasteiger partial charge in [-0.3, -0.25) is 0 Å². The van der Waals surface area contributed by atoms with Gasteiger partial charge < -0.3 is 14.2 Å². The van der Waals surface area contributed by atoms with Crippen LogP contribution in [0.1, 0.15) is 5.56 Å². The summed E-state index contributed by atoms with van der Waals surface area (Å²) in [5, 5.41) is 11.8. The molecule has 0 atom stereocenters. The SMILES string of the molecule is COc1cc(-c2n[nH]c(=S)n2/N=C\C(Cl)=C\c2ccccc2)cc(OC)c1OC. The third-order valence-electron chi connectivity index (χ3n) is 3.97. The summed E-state index contributed by atoms with van der Waals surface area (Å²) in [7, 11) is 4.64. The monoisotopic (exact) mass is 430 g/mol. The summed E-state index contributed by atoms with van der Waals surface area (Å²) in [4.78, 5) is 0. The highest BCUT2D eigenvalue weighted by Crippen LogP contribution is 2.40. The van der Waals surface area contributed by atoms with E-state index in [1.165, 1.54) is 10.9 Å². The van der Waals surface area contributed by atoms with Crippen LogP contribution in [0.4, 0.5) is 0 Å². The predicted molar refractivity (Wildman–Crippen MR) is 117 cm³/mol. The minimum Gasteiger partial charge on any atom is -0.493 e. The second-order valence-electron chi connectivity index (χ2n) is 5.76. The summed E-state index contributed by atoms with van der Waals surface area (Å²) in [5.41, 5.74) is 1.64. The highest BCUT2D eigenvalue weighted by molar-refractivity contribution is 7.71. The van der Waals surface area contributed by atoms with Crippen LogP contribution in [-0.2, 0) is 0 Å². The Morgan fingerprint density at radius 1 is 1.10 bits per heavy atom. The Hall–Kier alpha value is -3.10. The first-order valence-electron chi connectivity index (χ1n) is 8.51. The van der Waals surface area contributed by atoms with Crippen molar-refractivity contribution in [3.63, 3.8) is 0 Å². The van der Waals surface area contributed by atoms with Crippen LogP contribution in [0.3, 0.4) is 0 Å². The highest BCUT2D eigenvalue weighted by atomic mass is 35.5. The average molecular weight is 431 g/mol. The molecule has 0 amide bonds. The molecule has 0 aliphatic rings. The summed E-state index contributed by atoms with van der Waals surface area (Å²) in [6.45, 7) is 0. The number of benzene rings is 2. The summed E-state index contributed by atoms with van der Waals surface area (Å²) in [6, 6.07) is 13.2. The van der Waals surface area contributed by atoms with Crippen LogP contribution in [0.15, 0.2) is 52.6 Å². The zero-order chi connectivity index (χ0) is 20.8. The van der Waals surface area contributed by atoms with Crippen molar-refractivity contribution in [3.05, 3.63) is 57.8 Å². The van der Waals surface area contributed by atoms with Crippen molar-refractivity contribution in [2.75, 3.05) is 21.3 Å². The molecule has 150 valence electrons. The molecule has 29 heavy (non-hydrogen) atoms. The molecule has 0 unspecified atom stereocenters. The second-order valence-corrected chi connectivity index (χ2v) is 6.59. The van der Waals surface area contributed by atoms with Gasteiger partial charge in [-0.05, 0) is 36.0 Å². The van der Waals surface area contributed by atoms with Crippen molar-refractivity contribution in [1.82, 2.24) is 14.9 Å². The minimum absolute atomic E-state index is 0.314. The van der Waals surface area contributed by atoms with E-state index in [1.807, 2.05) is 30.3 Å². The fourth-order valence-corrected chi connectivity index (χ4v) is 3.00. The van der Waals surface area contributed by atoms with Crippen molar-refractivity contribution in [2.24, 2.45) is 5.10 Å². The zero-order valence-corrected chi connectivity index (χ0v) is 17.6. The smallest absolute Gasteiger partial charge is 0.216 e. The topological polar surface area (TPSA) is 73.7 Å². The van der Waals surface area contributed by atoms with E-state index in [-0.39, 0.29) is 0 Å². The lowest BCUT2D eigenvalue weighted by Gasteiger charge is -2.13. The van der Waals surface area contributed by atoms with Gasteiger partial charge in [0.1, 0.15) is 0 Å². The molecular weight excluding hydrogens is 412 g/mol. The average Bonchev–Trinajstić information content (AvgIpc) is 3.12. The van der Waals surface area contributed by atoms with E-state index in [0.717, 1.165) is 5.56 Å². The molecule has 0 spiro atoms. The zero-order valence-electron chi connectivity index (χ0n) is 16.0. The normalized spacial score (nSPS) is 11.7. The van der Waals surface area contributed by atoms with Crippen molar-refractivity contribution < 1.29 is 14.2 Å². The molecule has 1 N–H and O–H groups in total. The van der Waals surface area contributed by atoms with Gasteiger partial charge in [0.2, 0.25) is 10.5 Å². The number of hydrogen-bond donors (Lipinski definition) is 1. The third kappa shape index (κ3) is 4.67. The van der Waals surface area contributed by atoms with Gasteiger partial charge in [0.05, 0.1) is 32.6 Å². The van der Waals surface area contributed by atoms with E-state index in [0.29, 0.717) is 38.4 Å². The van der Waals surface area contributed by atoms with Gasteiger partial charge >= 0.3 is 0 Å². The number of rotatable bonds is 7. The number of aromatic nitrogens is 3.